The number of aromatic nitrogens is 2. The third-order valence-electron chi connectivity index (χ3n) is 6.51. The summed E-state index contributed by atoms with van der Waals surface area (Å²) in [6.07, 6.45) is 2.75. The largest absolute Gasteiger partial charge is 0.369 e. The maximum atomic E-state index is 12.8. The molecule has 3 aromatic rings. The molecule has 0 radical (unpaired) electrons. The van der Waals surface area contributed by atoms with E-state index in [4.69, 9.17) is 0 Å². The number of carbonyl (C=O) groups excluding carboxylic acids is 1. The van der Waals surface area contributed by atoms with Gasteiger partial charge in [0.25, 0.3) is 5.56 Å². The molecule has 176 valence electrons. The van der Waals surface area contributed by atoms with Crippen LogP contribution in [0.5, 0.6) is 0 Å². The number of nitrogens with one attached hydrogen (secondary N) is 1. The number of amides is 1. The minimum Gasteiger partial charge on any atom is -0.369 e. The second-order valence-electron chi connectivity index (χ2n) is 8.88. The first-order valence-electron chi connectivity index (χ1n) is 11.7. The molecule has 1 unspecified atom stereocenters. The van der Waals surface area contributed by atoms with E-state index in [1.807, 2.05) is 13.8 Å². The molecule has 0 bridgehead atoms. The van der Waals surface area contributed by atoms with E-state index < -0.39 is 0 Å². The first kappa shape index (κ1) is 23.4. The summed E-state index contributed by atoms with van der Waals surface area (Å²) in [5, 5.41) is 3.77. The van der Waals surface area contributed by atoms with Gasteiger partial charge in [-0.15, -0.1) is 11.3 Å². The Morgan fingerprint density at radius 2 is 1.85 bits per heavy atom. The molecule has 1 amide bonds. The van der Waals surface area contributed by atoms with Crippen molar-refractivity contribution < 1.29 is 4.79 Å². The van der Waals surface area contributed by atoms with E-state index >= 15 is 0 Å². The van der Waals surface area contributed by atoms with E-state index in [2.05, 4.69) is 57.4 Å². The van der Waals surface area contributed by atoms with Crippen LogP contribution in [0.25, 0.3) is 10.2 Å². The van der Waals surface area contributed by atoms with Crippen LogP contribution in [0.1, 0.15) is 30.2 Å². The van der Waals surface area contributed by atoms with E-state index in [0.717, 1.165) is 54.4 Å². The van der Waals surface area contributed by atoms with Crippen molar-refractivity contribution in [2.75, 3.05) is 37.6 Å². The number of piperazine rings is 1. The topological polar surface area (TPSA) is 70.5 Å². The van der Waals surface area contributed by atoms with E-state index in [1.165, 1.54) is 5.69 Å². The number of benzene rings is 1. The fourth-order valence-electron chi connectivity index (χ4n) is 4.32. The minimum absolute atomic E-state index is 0.0263. The van der Waals surface area contributed by atoms with Crippen molar-refractivity contribution in [3.63, 3.8) is 0 Å². The summed E-state index contributed by atoms with van der Waals surface area (Å²) in [7, 11) is 0. The lowest BCUT2D eigenvalue weighted by Crippen LogP contribution is -2.47. The van der Waals surface area contributed by atoms with E-state index in [1.54, 1.807) is 22.2 Å². The average molecular weight is 468 g/mol. The van der Waals surface area contributed by atoms with Crippen LogP contribution in [0.3, 0.4) is 0 Å². The highest BCUT2D eigenvalue weighted by Gasteiger charge is 2.18. The number of rotatable bonds is 8. The Bertz CT molecular complexity index is 1150. The molecule has 1 atom stereocenters. The SMILES string of the molecule is Cc1sc2ncn(CCC(=O)NC(C)CCN3CCN(c4ccccc4)CC3)c(=O)c2c1C. The van der Waals surface area contributed by atoms with Crippen LogP contribution in [-0.2, 0) is 11.3 Å². The molecule has 1 N–H and O–H groups in total. The quantitative estimate of drug-likeness (QED) is 0.551. The summed E-state index contributed by atoms with van der Waals surface area (Å²) >= 11 is 1.54. The van der Waals surface area contributed by atoms with Gasteiger partial charge in [0.2, 0.25) is 5.91 Å². The van der Waals surface area contributed by atoms with Gasteiger partial charge in [-0.1, -0.05) is 18.2 Å². The van der Waals surface area contributed by atoms with Gasteiger partial charge < -0.3 is 10.2 Å². The zero-order valence-corrected chi connectivity index (χ0v) is 20.5. The monoisotopic (exact) mass is 467 g/mol. The van der Waals surface area contributed by atoms with Crippen LogP contribution < -0.4 is 15.8 Å². The van der Waals surface area contributed by atoms with Gasteiger partial charge in [-0.25, -0.2) is 4.98 Å². The van der Waals surface area contributed by atoms with Crippen LogP contribution in [0.4, 0.5) is 5.69 Å². The maximum absolute atomic E-state index is 12.8. The zero-order chi connectivity index (χ0) is 23.4. The lowest BCUT2D eigenvalue weighted by molar-refractivity contribution is -0.122. The lowest BCUT2D eigenvalue weighted by atomic mass is 10.2. The molecule has 0 saturated carbocycles. The minimum atomic E-state index is -0.0580. The number of aryl methyl sites for hydroxylation is 3. The van der Waals surface area contributed by atoms with Crippen molar-refractivity contribution in [2.45, 2.75) is 46.2 Å². The molecule has 0 spiro atoms. The molecule has 4 rings (SSSR count). The Labute approximate surface area is 199 Å². The number of thiophene rings is 1. The molecule has 33 heavy (non-hydrogen) atoms. The predicted octanol–water partition coefficient (Wildman–Crippen LogP) is 3.18. The van der Waals surface area contributed by atoms with E-state index in [-0.39, 0.29) is 23.9 Å². The number of fused-ring (bicyclic) bond motifs is 1. The second-order valence-corrected chi connectivity index (χ2v) is 10.1. The Kier molecular flexibility index (Phi) is 7.45. The van der Waals surface area contributed by atoms with E-state index in [0.29, 0.717) is 11.9 Å². The zero-order valence-electron chi connectivity index (χ0n) is 19.7. The highest BCUT2D eigenvalue weighted by molar-refractivity contribution is 7.18. The maximum Gasteiger partial charge on any atom is 0.262 e. The number of nitrogens with zero attached hydrogens (tertiary/aromatic N) is 4. The van der Waals surface area contributed by atoms with Crippen LogP contribution in [0.2, 0.25) is 0 Å². The summed E-state index contributed by atoms with van der Waals surface area (Å²) < 4.78 is 1.55. The Hall–Kier alpha value is -2.71. The van der Waals surface area contributed by atoms with Crippen LogP contribution >= 0.6 is 11.3 Å². The highest BCUT2D eigenvalue weighted by atomic mass is 32.1. The molecular formula is C25H33N5O2S. The summed E-state index contributed by atoms with van der Waals surface area (Å²) in [6.45, 7) is 11.5. The van der Waals surface area contributed by atoms with Gasteiger partial charge in [0.1, 0.15) is 4.83 Å². The highest BCUT2D eigenvalue weighted by Crippen LogP contribution is 2.25. The van der Waals surface area contributed by atoms with Gasteiger partial charge in [0.05, 0.1) is 11.7 Å². The third-order valence-corrected chi connectivity index (χ3v) is 7.63. The molecule has 1 saturated heterocycles. The van der Waals surface area contributed by atoms with Crippen molar-refractivity contribution in [2.24, 2.45) is 0 Å². The fraction of sp³-hybridized carbons (Fsp3) is 0.480. The van der Waals surface area contributed by atoms with Gasteiger partial charge in [0, 0.05) is 62.3 Å². The fourth-order valence-corrected chi connectivity index (χ4v) is 5.30. The van der Waals surface area contributed by atoms with Crippen LogP contribution in [0.15, 0.2) is 41.5 Å². The normalized spacial score (nSPS) is 15.7. The molecular weight excluding hydrogens is 434 g/mol. The summed E-state index contributed by atoms with van der Waals surface area (Å²) in [6, 6.07) is 10.6. The summed E-state index contributed by atoms with van der Waals surface area (Å²) in [4.78, 5) is 36.4. The van der Waals surface area contributed by atoms with Gasteiger partial charge in [-0.05, 0) is 44.9 Å². The molecule has 8 heteroatoms. The van der Waals surface area contributed by atoms with E-state index in [9.17, 15) is 9.59 Å². The Morgan fingerprint density at radius 1 is 1.12 bits per heavy atom. The van der Waals surface area contributed by atoms with Crippen LogP contribution in [0, 0.1) is 13.8 Å². The van der Waals surface area contributed by atoms with Crippen molar-refractivity contribution in [3.05, 3.63) is 57.5 Å². The Morgan fingerprint density at radius 3 is 2.58 bits per heavy atom. The number of hydrogen-bond donors (Lipinski definition) is 1. The van der Waals surface area contributed by atoms with Gasteiger partial charge in [0.15, 0.2) is 0 Å². The molecule has 2 aromatic heterocycles. The number of carbonyl (C=O) groups is 1. The first-order valence-corrected chi connectivity index (χ1v) is 12.5. The standard InChI is InChI=1S/C25H33N5O2S/c1-18(9-11-28-13-15-29(16-14-28)21-7-5-4-6-8-21)27-22(31)10-12-30-17-26-24-23(25(30)32)19(2)20(3)33-24/h4-8,17-18H,9-16H2,1-3H3,(H,27,31). The molecule has 0 aliphatic carbocycles. The van der Waals surface area contributed by atoms with Gasteiger partial charge in [-0.2, -0.15) is 0 Å². The third kappa shape index (κ3) is 5.62. The summed E-state index contributed by atoms with van der Waals surface area (Å²) in [5.41, 5.74) is 2.22. The van der Waals surface area contributed by atoms with Crippen molar-refractivity contribution >= 4 is 33.1 Å². The predicted molar refractivity (Wildman–Crippen MR) is 135 cm³/mol. The lowest BCUT2D eigenvalue weighted by Gasteiger charge is -2.36. The first-order chi connectivity index (χ1) is 15.9. The second kappa shape index (κ2) is 10.5. The average Bonchev–Trinajstić information content (AvgIpc) is 3.12. The molecule has 1 aliphatic heterocycles. The van der Waals surface area contributed by atoms with Crippen molar-refractivity contribution in [1.29, 1.82) is 0 Å². The smallest absolute Gasteiger partial charge is 0.262 e. The number of hydrogen-bond acceptors (Lipinski definition) is 6. The molecule has 1 aliphatic rings. The van der Waals surface area contributed by atoms with Crippen LogP contribution in [-0.4, -0.2) is 59.1 Å². The van der Waals surface area contributed by atoms with Crippen molar-refractivity contribution in [3.8, 4) is 0 Å². The molecule has 1 aromatic carbocycles. The number of anilines is 1. The number of para-hydroxylation sites is 1. The summed E-state index contributed by atoms with van der Waals surface area (Å²) in [5.74, 6) is -0.0263. The Balaban J connectivity index is 1.20. The van der Waals surface area contributed by atoms with Crippen molar-refractivity contribution in [1.82, 2.24) is 19.8 Å². The molecule has 1 fully saturated rings. The van der Waals surface area contributed by atoms with Gasteiger partial charge in [-0.3, -0.25) is 19.1 Å². The molecule has 7 nitrogen and oxygen atoms in total. The van der Waals surface area contributed by atoms with Gasteiger partial charge >= 0.3 is 0 Å². The molecule has 3 heterocycles.